The highest BCUT2D eigenvalue weighted by Crippen LogP contribution is 2.34. The van der Waals surface area contributed by atoms with Crippen LogP contribution in [0.3, 0.4) is 0 Å². The summed E-state index contributed by atoms with van der Waals surface area (Å²) in [5.74, 6) is -1.99. The van der Waals surface area contributed by atoms with Gasteiger partial charge < -0.3 is 4.74 Å². The molecule has 0 radical (unpaired) electrons. The molecule has 0 amide bonds. The Balaban J connectivity index is 2.00. The average Bonchev–Trinajstić information content (AvgIpc) is 2.73. The standard InChI is InChI=1S/C23H17F2NO2/c1-16-11-13-18(14-12-16)23(25,15-26)22(27)28-21(17-7-3-2-4-8-17)19-9-5-6-10-20(19)24/h2-14,21H,1H3/t21-,23-/m0/s1. The summed E-state index contributed by atoms with van der Waals surface area (Å²) in [6, 6.07) is 21.5. The van der Waals surface area contributed by atoms with E-state index < -0.39 is 23.6 Å². The minimum absolute atomic E-state index is 0.0752. The van der Waals surface area contributed by atoms with E-state index in [-0.39, 0.29) is 11.1 Å². The van der Waals surface area contributed by atoms with E-state index >= 15 is 4.39 Å². The van der Waals surface area contributed by atoms with Crippen molar-refractivity contribution in [2.45, 2.75) is 18.7 Å². The van der Waals surface area contributed by atoms with E-state index in [2.05, 4.69) is 0 Å². The molecule has 0 aromatic heterocycles. The number of carbonyl (C=O) groups is 1. The molecular weight excluding hydrogens is 360 g/mol. The fraction of sp³-hybridized carbons (Fsp3) is 0.130. The Hall–Kier alpha value is -3.52. The summed E-state index contributed by atoms with van der Waals surface area (Å²) in [4.78, 5) is 12.7. The predicted molar refractivity (Wildman–Crippen MR) is 100 cm³/mol. The van der Waals surface area contributed by atoms with E-state index in [1.165, 1.54) is 36.4 Å². The minimum atomic E-state index is -3.01. The van der Waals surface area contributed by atoms with Crippen LogP contribution in [0.15, 0.2) is 78.9 Å². The number of hydrogen-bond acceptors (Lipinski definition) is 3. The molecule has 0 aliphatic rings. The second kappa shape index (κ2) is 8.01. The Morgan fingerprint density at radius 2 is 1.61 bits per heavy atom. The normalized spacial score (nSPS) is 13.8. The second-order valence-electron chi connectivity index (χ2n) is 6.35. The van der Waals surface area contributed by atoms with Crippen molar-refractivity contribution < 1.29 is 18.3 Å². The molecule has 3 nitrogen and oxygen atoms in total. The third-order valence-corrected chi connectivity index (χ3v) is 4.40. The lowest BCUT2D eigenvalue weighted by Crippen LogP contribution is -2.33. The van der Waals surface area contributed by atoms with Crippen LogP contribution in [0, 0.1) is 24.1 Å². The zero-order chi connectivity index (χ0) is 20.1. The van der Waals surface area contributed by atoms with Gasteiger partial charge in [0.2, 0.25) is 0 Å². The van der Waals surface area contributed by atoms with Gasteiger partial charge in [-0.1, -0.05) is 78.4 Å². The van der Waals surface area contributed by atoms with Gasteiger partial charge in [0.05, 0.1) is 0 Å². The van der Waals surface area contributed by atoms with Gasteiger partial charge in [0.25, 0.3) is 0 Å². The first-order valence-corrected chi connectivity index (χ1v) is 8.63. The summed E-state index contributed by atoms with van der Waals surface area (Å²) in [7, 11) is 0. The molecular formula is C23H17F2NO2. The molecule has 5 heteroatoms. The van der Waals surface area contributed by atoms with E-state index in [0.717, 1.165) is 5.56 Å². The van der Waals surface area contributed by atoms with Crippen LogP contribution < -0.4 is 0 Å². The number of alkyl halides is 1. The smallest absolute Gasteiger partial charge is 0.364 e. The monoisotopic (exact) mass is 377 g/mol. The van der Waals surface area contributed by atoms with Gasteiger partial charge in [-0.25, -0.2) is 13.6 Å². The average molecular weight is 377 g/mol. The van der Waals surface area contributed by atoms with E-state index in [0.29, 0.717) is 5.56 Å². The van der Waals surface area contributed by atoms with E-state index in [1.807, 2.05) is 0 Å². The lowest BCUT2D eigenvalue weighted by Gasteiger charge is -2.23. The van der Waals surface area contributed by atoms with Crippen LogP contribution in [0.25, 0.3) is 0 Å². The van der Waals surface area contributed by atoms with Gasteiger partial charge in [0.1, 0.15) is 11.9 Å². The van der Waals surface area contributed by atoms with Crippen molar-refractivity contribution in [2.75, 3.05) is 0 Å². The number of benzene rings is 3. The number of ether oxygens (including phenoxy) is 1. The lowest BCUT2D eigenvalue weighted by atomic mass is 9.95. The number of aryl methyl sites for hydroxylation is 1. The first-order valence-electron chi connectivity index (χ1n) is 8.63. The van der Waals surface area contributed by atoms with Crippen LogP contribution in [-0.2, 0) is 15.2 Å². The van der Waals surface area contributed by atoms with Crippen LogP contribution in [0.4, 0.5) is 8.78 Å². The third kappa shape index (κ3) is 3.77. The molecule has 3 aromatic carbocycles. The molecule has 0 aliphatic carbocycles. The van der Waals surface area contributed by atoms with Crippen molar-refractivity contribution in [3.05, 3.63) is 107 Å². The van der Waals surface area contributed by atoms with Gasteiger partial charge in [-0.2, -0.15) is 5.26 Å². The number of nitriles is 1. The predicted octanol–water partition coefficient (Wildman–Crippen LogP) is 5.16. The van der Waals surface area contributed by atoms with Crippen molar-refractivity contribution in [1.82, 2.24) is 0 Å². The van der Waals surface area contributed by atoms with Gasteiger partial charge in [-0.15, -0.1) is 0 Å². The number of halogens is 2. The van der Waals surface area contributed by atoms with Crippen molar-refractivity contribution in [3.63, 3.8) is 0 Å². The van der Waals surface area contributed by atoms with E-state index in [1.54, 1.807) is 55.5 Å². The van der Waals surface area contributed by atoms with Crippen molar-refractivity contribution in [3.8, 4) is 6.07 Å². The molecule has 0 heterocycles. The Kier molecular flexibility index (Phi) is 5.51. The number of rotatable bonds is 5. The molecule has 2 atom stereocenters. The van der Waals surface area contributed by atoms with Crippen LogP contribution in [-0.4, -0.2) is 5.97 Å². The van der Waals surface area contributed by atoms with Gasteiger partial charge in [0, 0.05) is 11.1 Å². The minimum Gasteiger partial charge on any atom is -0.449 e. The molecule has 0 spiro atoms. The van der Waals surface area contributed by atoms with Crippen LogP contribution >= 0.6 is 0 Å². The van der Waals surface area contributed by atoms with Crippen LogP contribution in [0.5, 0.6) is 0 Å². The summed E-state index contributed by atoms with van der Waals surface area (Å²) in [5.41, 5.74) is -1.75. The number of esters is 1. The topological polar surface area (TPSA) is 50.1 Å². The first-order chi connectivity index (χ1) is 13.5. The third-order valence-electron chi connectivity index (χ3n) is 4.40. The maximum atomic E-state index is 15.3. The molecule has 140 valence electrons. The Morgan fingerprint density at radius 3 is 2.21 bits per heavy atom. The summed E-state index contributed by atoms with van der Waals surface area (Å²) in [5, 5.41) is 9.39. The quantitative estimate of drug-likeness (QED) is 0.578. The van der Waals surface area contributed by atoms with Gasteiger partial charge in [-0.3, -0.25) is 0 Å². The zero-order valence-corrected chi connectivity index (χ0v) is 15.1. The largest absolute Gasteiger partial charge is 0.449 e. The fourth-order valence-electron chi connectivity index (χ4n) is 2.83. The molecule has 3 rings (SSSR count). The highest BCUT2D eigenvalue weighted by molar-refractivity contribution is 5.85. The molecule has 0 bridgehead atoms. The highest BCUT2D eigenvalue weighted by atomic mass is 19.1. The van der Waals surface area contributed by atoms with E-state index in [9.17, 15) is 14.4 Å². The second-order valence-corrected chi connectivity index (χ2v) is 6.35. The van der Waals surface area contributed by atoms with Gasteiger partial charge in [0.15, 0.2) is 6.10 Å². The Labute approximate surface area is 161 Å². The maximum absolute atomic E-state index is 15.3. The molecule has 0 saturated carbocycles. The molecule has 0 saturated heterocycles. The van der Waals surface area contributed by atoms with Crippen LogP contribution in [0.2, 0.25) is 0 Å². The summed E-state index contributed by atoms with van der Waals surface area (Å²) < 4.78 is 35.1. The van der Waals surface area contributed by atoms with Gasteiger partial charge >= 0.3 is 11.6 Å². The maximum Gasteiger partial charge on any atom is 0.364 e. The Bertz CT molecular complexity index is 1010. The Morgan fingerprint density at radius 1 is 1.00 bits per heavy atom. The highest BCUT2D eigenvalue weighted by Gasteiger charge is 2.44. The fourth-order valence-corrected chi connectivity index (χ4v) is 2.83. The molecule has 0 N–H and O–H groups in total. The molecule has 3 aromatic rings. The summed E-state index contributed by atoms with van der Waals surface area (Å²) >= 11 is 0. The SMILES string of the molecule is Cc1ccc([C@@](F)(C#N)C(=O)O[C@@H](c2ccccc2)c2ccccc2F)cc1. The van der Waals surface area contributed by atoms with Crippen molar-refractivity contribution in [2.24, 2.45) is 0 Å². The molecule has 0 fully saturated rings. The van der Waals surface area contributed by atoms with Crippen molar-refractivity contribution >= 4 is 5.97 Å². The molecule has 0 unspecified atom stereocenters. The number of hydrogen-bond donors (Lipinski definition) is 0. The first kappa shape index (κ1) is 19.2. The summed E-state index contributed by atoms with van der Waals surface area (Å²) in [6.07, 6.45) is -1.19. The number of nitrogens with zero attached hydrogens (tertiary/aromatic N) is 1. The van der Waals surface area contributed by atoms with E-state index in [4.69, 9.17) is 4.74 Å². The van der Waals surface area contributed by atoms with Gasteiger partial charge in [-0.05, 0) is 18.6 Å². The molecule has 28 heavy (non-hydrogen) atoms. The van der Waals surface area contributed by atoms with Crippen molar-refractivity contribution in [1.29, 1.82) is 5.26 Å². The summed E-state index contributed by atoms with van der Waals surface area (Å²) in [6.45, 7) is 1.80. The zero-order valence-electron chi connectivity index (χ0n) is 15.1. The lowest BCUT2D eigenvalue weighted by molar-refractivity contribution is -0.158. The van der Waals surface area contributed by atoms with Crippen LogP contribution in [0.1, 0.15) is 28.4 Å². The molecule has 0 aliphatic heterocycles. The number of carbonyl (C=O) groups excluding carboxylic acids is 1.